The predicted octanol–water partition coefficient (Wildman–Crippen LogP) is 4.47. The Hall–Kier alpha value is -2.95. The zero-order valence-electron chi connectivity index (χ0n) is 19.2. The van der Waals surface area contributed by atoms with Gasteiger partial charge in [0, 0.05) is 29.8 Å². The predicted molar refractivity (Wildman–Crippen MR) is 124 cm³/mol. The Morgan fingerprint density at radius 2 is 1.23 bits per heavy atom. The lowest BCUT2D eigenvalue weighted by Crippen LogP contribution is -2.46. The van der Waals surface area contributed by atoms with Crippen molar-refractivity contribution < 1.29 is 14.4 Å². The number of ketones is 1. The van der Waals surface area contributed by atoms with Crippen LogP contribution in [0.25, 0.3) is 0 Å². The highest BCUT2D eigenvalue weighted by atomic mass is 16.2. The molecule has 0 bridgehead atoms. The van der Waals surface area contributed by atoms with E-state index in [1.54, 1.807) is 36.4 Å². The van der Waals surface area contributed by atoms with Gasteiger partial charge < -0.3 is 10.6 Å². The van der Waals surface area contributed by atoms with E-state index < -0.39 is 5.41 Å². The summed E-state index contributed by atoms with van der Waals surface area (Å²) in [6.07, 6.45) is 0.647. The molecule has 0 aromatic heterocycles. The zero-order valence-corrected chi connectivity index (χ0v) is 19.2. The highest BCUT2D eigenvalue weighted by Gasteiger charge is 2.39. The first-order valence-corrected chi connectivity index (χ1v) is 10.9. The quantitative estimate of drug-likeness (QED) is 0.438. The Balaban J connectivity index is 1.80. The second-order valence-electron chi connectivity index (χ2n) is 8.73. The summed E-state index contributed by atoms with van der Waals surface area (Å²) in [5, 5.41) is 5.87. The Morgan fingerprint density at radius 3 is 1.77 bits per heavy atom. The van der Waals surface area contributed by atoms with E-state index in [1.165, 1.54) is 0 Å². The van der Waals surface area contributed by atoms with E-state index in [-0.39, 0.29) is 29.4 Å². The second-order valence-corrected chi connectivity index (χ2v) is 8.73. The average molecular weight is 423 g/mol. The standard InChI is InChI=1S/C26H34N2O3/c1-18(2)26(5,19(3)4)25(31)28-17-9-16-27-24(30)22-14-12-21(13-15-22)23(29)20-10-7-6-8-11-20/h6-8,10-15,18-19H,9,16-17H2,1-5H3,(H,27,30)(H,28,31). The maximum absolute atomic E-state index is 12.6. The molecular weight excluding hydrogens is 388 g/mol. The van der Waals surface area contributed by atoms with Gasteiger partial charge in [0.15, 0.2) is 5.78 Å². The van der Waals surface area contributed by atoms with Crippen molar-refractivity contribution in [2.24, 2.45) is 17.3 Å². The van der Waals surface area contributed by atoms with Gasteiger partial charge in [-0.2, -0.15) is 0 Å². The van der Waals surface area contributed by atoms with Gasteiger partial charge in [-0.05, 0) is 30.4 Å². The largest absolute Gasteiger partial charge is 0.356 e. The second kappa shape index (κ2) is 10.9. The van der Waals surface area contributed by atoms with E-state index in [2.05, 4.69) is 38.3 Å². The molecule has 31 heavy (non-hydrogen) atoms. The van der Waals surface area contributed by atoms with Crippen LogP contribution in [-0.4, -0.2) is 30.7 Å². The van der Waals surface area contributed by atoms with Gasteiger partial charge in [-0.15, -0.1) is 0 Å². The number of amides is 2. The number of carbonyl (C=O) groups is 3. The summed E-state index contributed by atoms with van der Waals surface area (Å²) in [5.41, 5.74) is 1.25. The lowest BCUT2D eigenvalue weighted by atomic mass is 9.70. The smallest absolute Gasteiger partial charge is 0.251 e. The number of benzene rings is 2. The Kier molecular flexibility index (Phi) is 8.55. The summed E-state index contributed by atoms with van der Waals surface area (Å²) in [7, 11) is 0. The maximum atomic E-state index is 12.6. The van der Waals surface area contributed by atoms with Crippen LogP contribution in [0.1, 0.15) is 67.3 Å². The summed E-state index contributed by atoms with van der Waals surface area (Å²) in [6, 6.07) is 15.7. The Bertz CT molecular complexity index is 879. The molecule has 0 unspecified atom stereocenters. The molecule has 0 radical (unpaired) electrons. The first-order valence-electron chi connectivity index (χ1n) is 10.9. The van der Waals surface area contributed by atoms with Gasteiger partial charge in [0.2, 0.25) is 5.91 Å². The highest BCUT2D eigenvalue weighted by molar-refractivity contribution is 6.09. The lowest BCUT2D eigenvalue weighted by Gasteiger charge is -2.36. The van der Waals surface area contributed by atoms with Gasteiger partial charge in [0.05, 0.1) is 5.41 Å². The van der Waals surface area contributed by atoms with Crippen LogP contribution >= 0.6 is 0 Å². The minimum Gasteiger partial charge on any atom is -0.356 e. The van der Waals surface area contributed by atoms with E-state index in [9.17, 15) is 14.4 Å². The minimum absolute atomic E-state index is 0.0579. The first-order chi connectivity index (χ1) is 14.7. The van der Waals surface area contributed by atoms with E-state index in [0.717, 1.165) is 0 Å². The maximum Gasteiger partial charge on any atom is 0.251 e. The van der Waals surface area contributed by atoms with Gasteiger partial charge >= 0.3 is 0 Å². The number of hydrogen-bond donors (Lipinski definition) is 2. The molecular formula is C26H34N2O3. The fraction of sp³-hybridized carbons (Fsp3) is 0.423. The van der Waals surface area contributed by atoms with Crippen molar-refractivity contribution in [2.75, 3.05) is 13.1 Å². The molecule has 2 amide bonds. The number of hydrogen-bond acceptors (Lipinski definition) is 3. The molecule has 0 saturated heterocycles. The fourth-order valence-corrected chi connectivity index (χ4v) is 3.50. The van der Waals surface area contributed by atoms with Crippen molar-refractivity contribution >= 4 is 17.6 Å². The topological polar surface area (TPSA) is 75.3 Å². The van der Waals surface area contributed by atoms with Crippen LogP contribution in [0.15, 0.2) is 54.6 Å². The molecule has 2 rings (SSSR count). The molecule has 0 saturated carbocycles. The van der Waals surface area contributed by atoms with Crippen LogP contribution < -0.4 is 10.6 Å². The first kappa shape index (κ1) is 24.3. The molecule has 0 aliphatic rings. The minimum atomic E-state index is -0.415. The van der Waals surface area contributed by atoms with Gasteiger partial charge in [-0.3, -0.25) is 14.4 Å². The molecule has 0 heterocycles. The van der Waals surface area contributed by atoms with E-state index in [0.29, 0.717) is 36.2 Å². The third-order valence-corrected chi connectivity index (χ3v) is 6.26. The third-order valence-electron chi connectivity index (χ3n) is 6.26. The van der Waals surface area contributed by atoms with Crippen LogP contribution in [0, 0.1) is 17.3 Å². The Labute approximate surface area is 185 Å². The van der Waals surface area contributed by atoms with Crippen molar-refractivity contribution in [3.05, 3.63) is 71.3 Å². The SMILES string of the molecule is CC(C)C(C)(C(=O)NCCCNC(=O)c1ccc(C(=O)c2ccccc2)cc1)C(C)C. The van der Waals surface area contributed by atoms with E-state index in [1.807, 2.05) is 25.1 Å². The van der Waals surface area contributed by atoms with Crippen molar-refractivity contribution in [2.45, 2.75) is 41.0 Å². The molecule has 166 valence electrons. The number of nitrogens with one attached hydrogen (secondary N) is 2. The fourth-order valence-electron chi connectivity index (χ4n) is 3.50. The number of rotatable bonds is 10. The average Bonchev–Trinajstić information content (AvgIpc) is 2.77. The van der Waals surface area contributed by atoms with Crippen LogP contribution in [0.3, 0.4) is 0 Å². The van der Waals surface area contributed by atoms with Crippen molar-refractivity contribution in [3.63, 3.8) is 0 Å². The molecule has 2 N–H and O–H groups in total. The summed E-state index contributed by atoms with van der Waals surface area (Å²) >= 11 is 0. The van der Waals surface area contributed by atoms with Gasteiger partial charge in [0.1, 0.15) is 0 Å². The molecule has 5 nitrogen and oxygen atoms in total. The summed E-state index contributed by atoms with van der Waals surface area (Å²) in [4.78, 5) is 37.4. The summed E-state index contributed by atoms with van der Waals surface area (Å²) in [5.74, 6) is 0.271. The molecule has 0 aliphatic carbocycles. The van der Waals surface area contributed by atoms with Gasteiger partial charge in [0.25, 0.3) is 5.91 Å². The molecule has 2 aromatic carbocycles. The molecule has 5 heteroatoms. The monoisotopic (exact) mass is 422 g/mol. The summed E-state index contributed by atoms with van der Waals surface area (Å²) in [6.45, 7) is 11.3. The molecule has 0 spiro atoms. The van der Waals surface area contributed by atoms with E-state index >= 15 is 0 Å². The van der Waals surface area contributed by atoms with Crippen molar-refractivity contribution in [1.82, 2.24) is 10.6 Å². The van der Waals surface area contributed by atoms with E-state index in [4.69, 9.17) is 0 Å². The highest BCUT2D eigenvalue weighted by Crippen LogP contribution is 2.35. The van der Waals surface area contributed by atoms with Crippen LogP contribution in [-0.2, 0) is 4.79 Å². The number of carbonyl (C=O) groups excluding carboxylic acids is 3. The Morgan fingerprint density at radius 1 is 0.742 bits per heavy atom. The molecule has 0 atom stereocenters. The summed E-state index contributed by atoms with van der Waals surface area (Å²) < 4.78 is 0. The van der Waals surface area contributed by atoms with Crippen molar-refractivity contribution in [1.29, 1.82) is 0 Å². The zero-order chi connectivity index (χ0) is 23.0. The molecule has 0 fully saturated rings. The van der Waals surface area contributed by atoms with Crippen LogP contribution in [0.2, 0.25) is 0 Å². The lowest BCUT2D eigenvalue weighted by molar-refractivity contribution is -0.135. The molecule has 2 aromatic rings. The van der Waals surface area contributed by atoms with Crippen LogP contribution in [0.4, 0.5) is 0 Å². The van der Waals surface area contributed by atoms with Crippen molar-refractivity contribution in [3.8, 4) is 0 Å². The van der Waals surface area contributed by atoms with Gasteiger partial charge in [-0.1, -0.05) is 77.1 Å². The van der Waals surface area contributed by atoms with Crippen LogP contribution in [0.5, 0.6) is 0 Å². The van der Waals surface area contributed by atoms with Gasteiger partial charge in [-0.25, -0.2) is 0 Å². The normalized spacial score (nSPS) is 11.5. The molecule has 0 aliphatic heterocycles. The third kappa shape index (κ3) is 6.03.